The van der Waals surface area contributed by atoms with Gasteiger partial charge in [0.1, 0.15) is 0 Å². The first-order valence-corrected chi connectivity index (χ1v) is 14.1. The third-order valence-corrected chi connectivity index (χ3v) is 7.44. The summed E-state index contributed by atoms with van der Waals surface area (Å²) in [6.07, 6.45) is 8.68. The Morgan fingerprint density at radius 1 is 0.976 bits per heavy atom. The fourth-order valence-electron chi connectivity index (χ4n) is 5.15. The van der Waals surface area contributed by atoms with Gasteiger partial charge in [0.25, 0.3) is 5.91 Å². The van der Waals surface area contributed by atoms with E-state index >= 15 is 0 Å². The first-order valence-electron chi connectivity index (χ1n) is 14.1. The van der Waals surface area contributed by atoms with Crippen LogP contribution in [-0.4, -0.2) is 94.2 Å². The molecule has 10 nitrogen and oxygen atoms in total. The Bertz CT molecular complexity index is 1300. The molecule has 0 saturated carbocycles. The number of rotatable bonds is 11. The molecule has 5 rings (SSSR count). The summed E-state index contributed by atoms with van der Waals surface area (Å²) in [4.78, 5) is 33.6. The minimum absolute atomic E-state index is 0.0111. The van der Waals surface area contributed by atoms with Crippen molar-refractivity contribution in [1.82, 2.24) is 9.80 Å². The molecule has 0 aliphatic carbocycles. The summed E-state index contributed by atoms with van der Waals surface area (Å²) in [6, 6.07) is 9.17. The fourth-order valence-corrected chi connectivity index (χ4v) is 5.15. The van der Waals surface area contributed by atoms with Crippen LogP contribution in [0, 0.1) is 0 Å². The predicted molar refractivity (Wildman–Crippen MR) is 155 cm³/mol. The van der Waals surface area contributed by atoms with Crippen LogP contribution in [0.4, 0.5) is 5.69 Å². The molecule has 0 unspecified atom stereocenters. The van der Waals surface area contributed by atoms with Gasteiger partial charge < -0.3 is 33.5 Å². The van der Waals surface area contributed by atoms with E-state index in [2.05, 4.69) is 4.99 Å². The summed E-state index contributed by atoms with van der Waals surface area (Å²) in [6.45, 7) is 4.07. The summed E-state index contributed by atoms with van der Waals surface area (Å²) in [7, 11) is 3.17. The number of benzene rings is 2. The van der Waals surface area contributed by atoms with E-state index in [-0.39, 0.29) is 17.9 Å². The van der Waals surface area contributed by atoms with Crippen LogP contribution in [0.3, 0.4) is 0 Å². The SMILES string of the molecule is COc1cc(/C=C/C(=O)N2CCOCC2)ccc1OCCCCOc1cc2c(cc1OC)C(=O)N1CCC[C@H]1C=N2. The zero-order valence-electron chi connectivity index (χ0n) is 23.7. The van der Waals surface area contributed by atoms with E-state index in [1.807, 2.05) is 29.3 Å². The number of hydrogen-bond donors (Lipinski definition) is 0. The van der Waals surface area contributed by atoms with Gasteiger partial charge in [-0.05, 0) is 55.5 Å². The quantitative estimate of drug-likeness (QED) is 0.299. The summed E-state index contributed by atoms with van der Waals surface area (Å²) >= 11 is 0. The van der Waals surface area contributed by atoms with Crippen LogP contribution in [-0.2, 0) is 9.53 Å². The van der Waals surface area contributed by atoms with Gasteiger partial charge in [0.2, 0.25) is 5.91 Å². The van der Waals surface area contributed by atoms with E-state index in [9.17, 15) is 9.59 Å². The molecule has 3 aliphatic heterocycles. The first kappa shape index (κ1) is 28.5. The zero-order chi connectivity index (χ0) is 28.6. The van der Waals surface area contributed by atoms with E-state index in [0.29, 0.717) is 73.8 Å². The molecule has 2 aromatic carbocycles. The van der Waals surface area contributed by atoms with Crippen molar-refractivity contribution in [3.8, 4) is 23.0 Å². The molecule has 1 atom stereocenters. The number of hydrogen-bond acceptors (Lipinski definition) is 8. The van der Waals surface area contributed by atoms with Gasteiger partial charge in [-0.2, -0.15) is 0 Å². The van der Waals surface area contributed by atoms with Gasteiger partial charge in [-0.25, -0.2) is 0 Å². The zero-order valence-corrected chi connectivity index (χ0v) is 23.7. The van der Waals surface area contributed by atoms with Crippen molar-refractivity contribution in [2.24, 2.45) is 4.99 Å². The lowest BCUT2D eigenvalue weighted by Crippen LogP contribution is -2.39. The number of carbonyl (C=O) groups excluding carboxylic acids is 2. The van der Waals surface area contributed by atoms with Crippen LogP contribution in [0.1, 0.15) is 41.6 Å². The van der Waals surface area contributed by atoms with E-state index in [4.69, 9.17) is 23.7 Å². The Balaban J connectivity index is 1.10. The van der Waals surface area contributed by atoms with Crippen molar-refractivity contribution in [3.63, 3.8) is 0 Å². The standard InChI is InChI=1S/C31H37N3O7/c1-37-27-18-22(8-10-30(35)33-12-16-39-17-13-33)7-9-26(27)40-14-3-4-15-41-29-20-25-24(19-28(29)38-2)31(36)34-11-5-6-23(34)21-32-25/h7-10,18-21,23H,3-6,11-17H2,1-2H3/b10-8+/t23-/m0/s1. The molecular weight excluding hydrogens is 526 g/mol. The van der Waals surface area contributed by atoms with Crippen LogP contribution < -0.4 is 18.9 Å². The molecule has 0 bridgehead atoms. The van der Waals surface area contributed by atoms with E-state index in [1.165, 1.54) is 0 Å². The Hall–Kier alpha value is -4.05. The molecule has 2 aromatic rings. The maximum atomic E-state index is 13.0. The highest BCUT2D eigenvalue weighted by atomic mass is 16.5. The van der Waals surface area contributed by atoms with Crippen molar-refractivity contribution in [2.45, 2.75) is 31.7 Å². The number of aliphatic imine (C=N–C) groups is 1. The number of nitrogens with zero attached hydrogens (tertiary/aromatic N) is 3. The Labute approximate surface area is 240 Å². The molecule has 0 radical (unpaired) electrons. The summed E-state index contributed by atoms with van der Waals surface area (Å²) in [5.74, 6) is 2.29. The molecule has 0 aromatic heterocycles. The summed E-state index contributed by atoms with van der Waals surface area (Å²) < 4.78 is 28.3. The van der Waals surface area contributed by atoms with Crippen molar-refractivity contribution in [1.29, 1.82) is 0 Å². The highest BCUT2D eigenvalue weighted by Gasteiger charge is 2.32. The molecule has 2 saturated heterocycles. The number of amides is 2. The minimum Gasteiger partial charge on any atom is -0.493 e. The van der Waals surface area contributed by atoms with Gasteiger partial charge >= 0.3 is 0 Å². The van der Waals surface area contributed by atoms with Crippen molar-refractivity contribution in [3.05, 3.63) is 47.5 Å². The lowest BCUT2D eigenvalue weighted by Gasteiger charge is -2.25. The second-order valence-corrected chi connectivity index (χ2v) is 10.1. The lowest BCUT2D eigenvalue weighted by molar-refractivity contribution is -0.129. The number of ether oxygens (including phenoxy) is 5. The maximum absolute atomic E-state index is 13.0. The average Bonchev–Trinajstić information content (AvgIpc) is 3.45. The van der Waals surface area contributed by atoms with E-state index in [0.717, 1.165) is 37.8 Å². The van der Waals surface area contributed by atoms with Gasteiger partial charge in [-0.3, -0.25) is 14.6 Å². The van der Waals surface area contributed by atoms with E-state index in [1.54, 1.807) is 43.4 Å². The van der Waals surface area contributed by atoms with Crippen molar-refractivity contribution < 1.29 is 33.3 Å². The molecule has 2 fully saturated rings. The van der Waals surface area contributed by atoms with Gasteiger partial charge in [0, 0.05) is 38.0 Å². The third kappa shape index (κ3) is 6.82. The first-order chi connectivity index (χ1) is 20.1. The fraction of sp³-hybridized carbons (Fsp3) is 0.452. The second-order valence-electron chi connectivity index (χ2n) is 10.1. The summed E-state index contributed by atoms with van der Waals surface area (Å²) in [5.41, 5.74) is 2.01. The second kappa shape index (κ2) is 13.5. The maximum Gasteiger partial charge on any atom is 0.256 e. The normalized spacial score (nSPS) is 18.2. The largest absolute Gasteiger partial charge is 0.493 e. The number of fused-ring (bicyclic) bond motifs is 2. The average molecular weight is 564 g/mol. The van der Waals surface area contributed by atoms with Crippen molar-refractivity contribution >= 4 is 29.8 Å². The highest BCUT2D eigenvalue weighted by molar-refractivity contribution is 6.03. The van der Waals surface area contributed by atoms with Crippen LogP contribution in [0.25, 0.3) is 6.08 Å². The molecule has 218 valence electrons. The topological polar surface area (TPSA) is 99.1 Å². The predicted octanol–water partition coefficient (Wildman–Crippen LogP) is 4.13. The molecular formula is C31H37N3O7. The monoisotopic (exact) mass is 563 g/mol. The Kier molecular flexibility index (Phi) is 9.40. The number of morpholine rings is 1. The lowest BCUT2D eigenvalue weighted by atomic mass is 10.1. The molecule has 0 N–H and O–H groups in total. The van der Waals surface area contributed by atoms with Crippen LogP contribution in [0.15, 0.2) is 41.4 Å². The molecule has 10 heteroatoms. The number of carbonyl (C=O) groups is 2. The van der Waals surface area contributed by atoms with Gasteiger partial charge in [0.05, 0.1) is 57.9 Å². The smallest absolute Gasteiger partial charge is 0.256 e. The Morgan fingerprint density at radius 2 is 1.71 bits per heavy atom. The minimum atomic E-state index is -0.0279. The number of methoxy groups -OCH3 is 2. The molecule has 41 heavy (non-hydrogen) atoms. The molecule has 0 spiro atoms. The van der Waals surface area contributed by atoms with Crippen LogP contribution in [0.5, 0.6) is 23.0 Å². The van der Waals surface area contributed by atoms with Gasteiger partial charge in [0.15, 0.2) is 23.0 Å². The molecule has 2 amide bonds. The molecule has 3 heterocycles. The molecule has 3 aliphatic rings. The van der Waals surface area contributed by atoms with Crippen molar-refractivity contribution in [2.75, 3.05) is 60.3 Å². The van der Waals surface area contributed by atoms with Crippen LogP contribution in [0.2, 0.25) is 0 Å². The van der Waals surface area contributed by atoms with Gasteiger partial charge in [-0.15, -0.1) is 0 Å². The van der Waals surface area contributed by atoms with Crippen LogP contribution >= 0.6 is 0 Å². The number of unbranched alkanes of at least 4 members (excludes halogenated alkanes) is 1. The Morgan fingerprint density at radius 3 is 2.46 bits per heavy atom. The third-order valence-electron chi connectivity index (χ3n) is 7.44. The highest BCUT2D eigenvalue weighted by Crippen LogP contribution is 2.38. The van der Waals surface area contributed by atoms with E-state index < -0.39 is 0 Å². The van der Waals surface area contributed by atoms with Gasteiger partial charge in [-0.1, -0.05) is 6.07 Å². The summed E-state index contributed by atoms with van der Waals surface area (Å²) in [5, 5.41) is 0.